The number of ether oxygens (including phenoxy) is 1. The van der Waals surface area contributed by atoms with Crippen LogP contribution in [-0.4, -0.2) is 39.4 Å². The van der Waals surface area contributed by atoms with Crippen LogP contribution in [0.25, 0.3) is 0 Å². The van der Waals surface area contributed by atoms with Gasteiger partial charge in [0.2, 0.25) is 0 Å². The van der Waals surface area contributed by atoms with Crippen molar-refractivity contribution in [1.29, 1.82) is 0 Å². The van der Waals surface area contributed by atoms with Crippen LogP contribution in [0.4, 0.5) is 30.7 Å². The molecule has 0 aliphatic heterocycles. The monoisotopic (exact) mass is 485 g/mol. The number of halogens is 7. The molecular formula is C22H14F7N3O2. The number of hydrogen-bond donors (Lipinski definition) is 1. The summed E-state index contributed by atoms with van der Waals surface area (Å²) in [5.41, 5.74) is -5.84. The molecule has 0 aliphatic carbocycles. The molecule has 0 amide bonds. The minimum absolute atomic E-state index is 0.0645. The second-order valence-corrected chi connectivity index (χ2v) is 6.88. The third-order valence-corrected chi connectivity index (χ3v) is 4.51. The Morgan fingerprint density at radius 3 is 2.24 bits per heavy atom. The number of aliphatic hydroxyl groups is 1. The van der Waals surface area contributed by atoms with Crippen LogP contribution in [0.3, 0.4) is 0 Å². The first kappa shape index (κ1) is 25.1. The van der Waals surface area contributed by atoms with Crippen LogP contribution in [0.2, 0.25) is 0 Å². The van der Waals surface area contributed by atoms with Crippen molar-refractivity contribution in [3.8, 4) is 11.8 Å². The minimum atomic E-state index is -4.51. The van der Waals surface area contributed by atoms with E-state index in [9.17, 15) is 27.1 Å². The molecule has 0 spiro atoms. The molecule has 0 fully saturated rings. The molecule has 0 radical (unpaired) electrons. The SMILES string of the molecule is OC(c1cncnc1)(c1ccc(F)cc1F)C(F)(F)c1ccc(C#CCOCC(F)(F)F)cn1. The average molecular weight is 485 g/mol. The Hall–Kier alpha value is -3.56. The molecule has 1 N–H and O–H groups in total. The number of aromatic nitrogens is 3. The van der Waals surface area contributed by atoms with Gasteiger partial charge in [0.05, 0.1) is 0 Å². The fourth-order valence-electron chi connectivity index (χ4n) is 2.97. The second kappa shape index (κ2) is 9.74. The summed E-state index contributed by atoms with van der Waals surface area (Å²) in [6.07, 6.45) is -0.911. The van der Waals surface area contributed by atoms with Crippen molar-refractivity contribution in [2.75, 3.05) is 13.2 Å². The second-order valence-electron chi connectivity index (χ2n) is 6.88. The van der Waals surface area contributed by atoms with Crippen LogP contribution in [0, 0.1) is 23.5 Å². The van der Waals surface area contributed by atoms with E-state index in [-0.39, 0.29) is 5.56 Å². The predicted octanol–water partition coefficient (Wildman–Crippen LogP) is 4.11. The van der Waals surface area contributed by atoms with E-state index in [4.69, 9.17) is 0 Å². The molecule has 1 aromatic carbocycles. The van der Waals surface area contributed by atoms with Gasteiger partial charge in [-0.1, -0.05) is 11.8 Å². The van der Waals surface area contributed by atoms with Crippen molar-refractivity contribution in [3.05, 3.63) is 89.3 Å². The van der Waals surface area contributed by atoms with Gasteiger partial charge in [-0.25, -0.2) is 18.7 Å². The number of pyridine rings is 1. The number of nitrogens with zero attached hydrogens (tertiary/aromatic N) is 3. The van der Waals surface area contributed by atoms with E-state index in [2.05, 4.69) is 31.5 Å². The maximum atomic E-state index is 15.7. The highest BCUT2D eigenvalue weighted by Crippen LogP contribution is 2.49. The molecule has 0 aliphatic rings. The van der Waals surface area contributed by atoms with Gasteiger partial charge in [0.25, 0.3) is 0 Å². The molecule has 3 rings (SSSR count). The van der Waals surface area contributed by atoms with E-state index < -0.39 is 59.4 Å². The molecule has 0 saturated carbocycles. The molecule has 12 heteroatoms. The smallest absolute Gasteiger partial charge is 0.374 e. The van der Waals surface area contributed by atoms with Gasteiger partial charge in [-0.15, -0.1) is 0 Å². The van der Waals surface area contributed by atoms with Crippen molar-refractivity contribution < 1.29 is 40.6 Å². The van der Waals surface area contributed by atoms with E-state index in [1.807, 2.05) is 0 Å². The highest BCUT2D eigenvalue weighted by molar-refractivity contribution is 5.41. The lowest BCUT2D eigenvalue weighted by atomic mass is 9.80. The van der Waals surface area contributed by atoms with E-state index in [0.29, 0.717) is 18.2 Å². The Bertz CT molecular complexity index is 1190. The maximum absolute atomic E-state index is 15.7. The first-order valence-corrected chi connectivity index (χ1v) is 9.36. The number of alkyl halides is 5. The third-order valence-electron chi connectivity index (χ3n) is 4.51. The van der Waals surface area contributed by atoms with Gasteiger partial charge in [-0.2, -0.15) is 22.0 Å². The lowest BCUT2D eigenvalue weighted by molar-refractivity contribution is -0.175. The highest BCUT2D eigenvalue weighted by atomic mass is 19.4. The fourth-order valence-corrected chi connectivity index (χ4v) is 2.97. The molecular weight excluding hydrogens is 471 g/mol. The summed E-state index contributed by atoms with van der Waals surface area (Å²) in [5.74, 6) is -2.09. The van der Waals surface area contributed by atoms with E-state index in [0.717, 1.165) is 37.1 Å². The molecule has 3 aromatic rings. The molecule has 5 nitrogen and oxygen atoms in total. The summed E-state index contributed by atoms with van der Waals surface area (Å²) in [7, 11) is 0. The molecule has 178 valence electrons. The molecule has 1 atom stereocenters. The van der Waals surface area contributed by atoms with Gasteiger partial charge in [0.1, 0.15) is 36.9 Å². The normalized spacial score (nSPS) is 13.6. The Labute approximate surface area is 188 Å². The first-order chi connectivity index (χ1) is 15.9. The first-order valence-electron chi connectivity index (χ1n) is 9.36. The van der Waals surface area contributed by atoms with Crippen LogP contribution in [0.1, 0.15) is 22.4 Å². The summed E-state index contributed by atoms with van der Waals surface area (Å²) < 4.78 is 99.6. The summed E-state index contributed by atoms with van der Waals surface area (Å²) in [4.78, 5) is 10.8. The van der Waals surface area contributed by atoms with E-state index in [1.54, 1.807) is 0 Å². The molecule has 1 unspecified atom stereocenters. The molecule has 34 heavy (non-hydrogen) atoms. The Morgan fingerprint density at radius 2 is 1.65 bits per heavy atom. The Morgan fingerprint density at radius 1 is 0.941 bits per heavy atom. The van der Waals surface area contributed by atoms with Gasteiger partial charge in [0.15, 0.2) is 5.60 Å². The van der Waals surface area contributed by atoms with Crippen molar-refractivity contribution in [2.24, 2.45) is 0 Å². The van der Waals surface area contributed by atoms with E-state index in [1.165, 1.54) is 0 Å². The topological polar surface area (TPSA) is 68.1 Å². The summed E-state index contributed by atoms with van der Waals surface area (Å²) in [6, 6.07) is 3.60. The minimum Gasteiger partial charge on any atom is -0.374 e. The molecule has 0 saturated heterocycles. The zero-order valence-corrected chi connectivity index (χ0v) is 17.0. The summed E-state index contributed by atoms with van der Waals surface area (Å²) in [6.45, 7) is -2.05. The van der Waals surface area contributed by atoms with Gasteiger partial charge in [-0.05, 0) is 24.3 Å². The molecule has 0 bridgehead atoms. The Kier molecular flexibility index (Phi) is 7.18. The number of rotatable bonds is 6. The van der Waals surface area contributed by atoms with Crippen LogP contribution in [-0.2, 0) is 16.3 Å². The molecule has 2 heterocycles. The molecule has 2 aromatic heterocycles. The highest BCUT2D eigenvalue weighted by Gasteiger charge is 2.58. The van der Waals surface area contributed by atoms with Crippen LogP contribution in [0.5, 0.6) is 0 Å². The lowest BCUT2D eigenvalue weighted by Crippen LogP contribution is -2.45. The standard InChI is InChI=1S/C22H14F7N3O2/c23-16-4-5-17(18(24)8-16)21(33,15-10-30-13-31-11-15)22(28,29)19-6-3-14(9-32-19)2-1-7-34-12-20(25,26)27/h3-6,8-11,13,33H,7,12H2. The van der Waals surface area contributed by atoms with E-state index >= 15 is 8.78 Å². The zero-order chi connectivity index (χ0) is 25.0. The van der Waals surface area contributed by atoms with Gasteiger partial charge >= 0.3 is 12.1 Å². The van der Waals surface area contributed by atoms with Crippen LogP contribution >= 0.6 is 0 Å². The van der Waals surface area contributed by atoms with Crippen molar-refractivity contribution in [2.45, 2.75) is 17.7 Å². The quantitative estimate of drug-likeness (QED) is 0.324. The predicted molar refractivity (Wildman–Crippen MR) is 103 cm³/mol. The average Bonchev–Trinajstić information content (AvgIpc) is 2.78. The summed E-state index contributed by atoms with van der Waals surface area (Å²) >= 11 is 0. The lowest BCUT2D eigenvalue weighted by Gasteiger charge is -2.36. The third kappa shape index (κ3) is 5.32. The van der Waals surface area contributed by atoms with Gasteiger partial charge < -0.3 is 9.84 Å². The van der Waals surface area contributed by atoms with Crippen LogP contribution in [0.15, 0.2) is 55.2 Å². The Balaban J connectivity index is 1.95. The fraction of sp³-hybridized carbons (Fsp3) is 0.227. The summed E-state index contributed by atoms with van der Waals surface area (Å²) in [5, 5.41) is 11.2. The van der Waals surface area contributed by atoms with Crippen molar-refractivity contribution >= 4 is 0 Å². The van der Waals surface area contributed by atoms with Crippen molar-refractivity contribution in [3.63, 3.8) is 0 Å². The van der Waals surface area contributed by atoms with Gasteiger partial charge in [-0.3, -0.25) is 4.98 Å². The number of benzene rings is 1. The largest absolute Gasteiger partial charge is 0.411 e. The van der Waals surface area contributed by atoms with Crippen LogP contribution < -0.4 is 0 Å². The van der Waals surface area contributed by atoms with Gasteiger partial charge in [0, 0.05) is 41.3 Å². The number of hydrogen-bond acceptors (Lipinski definition) is 5. The maximum Gasteiger partial charge on any atom is 0.411 e. The van der Waals surface area contributed by atoms with Crippen molar-refractivity contribution in [1.82, 2.24) is 15.0 Å². The zero-order valence-electron chi connectivity index (χ0n) is 17.0.